The summed E-state index contributed by atoms with van der Waals surface area (Å²) < 4.78 is 26.6. The van der Waals surface area contributed by atoms with E-state index in [4.69, 9.17) is 0 Å². The summed E-state index contributed by atoms with van der Waals surface area (Å²) >= 11 is 0. The van der Waals surface area contributed by atoms with Gasteiger partial charge in [0.1, 0.15) is 17.2 Å². The molecule has 1 N–H and O–H groups in total. The SMILES string of the molecule is O=C(Nc1c2c(nn1-c1ccc(F)cc1)CS(=O)C2)c1ccccc1[N+](=O)[O-]. The number of para-hydroxylation sites is 1. The Hall–Kier alpha value is -3.40. The summed E-state index contributed by atoms with van der Waals surface area (Å²) in [5.74, 6) is -0.373. The zero-order valence-electron chi connectivity index (χ0n) is 14.3. The maximum atomic E-state index is 13.3. The molecule has 0 fully saturated rings. The lowest BCUT2D eigenvalue weighted by molar-refractivity contribution is -0.385. The summed E-state index contributed by atoms with van der Waals surface area (Å²) in [4.78, 5) is 23.3. The average molecular weight is 400 g/mol. The topological polar surface area (TPSA) is 107 Å². The number of anilines is 1. The lowest BCUT2D eigenvalue weighted by Crippen LogP contribution is -2.17. The highest BCUT2D eigenvalue weighted by Crippen LogP contribution is 2.32. The molecule has 0 radical (unpaired) electrons. The van der Waals surface area contributed by atoms with Crippen LogP contribution in [0.15, 0.2) is 48.5 Å². The Kier molecular flexibility index (Phi) is 4.47. The number of halogens is 1. The van der Waals surface area contributed by atoms with E-state index in [9.17, 15) is 23.5 Å². The van der Waals surface area contributed by atoms with Crippen molar-refractivity contribution in [3.8, 4) is 5.69 Å². The fourth-order valence-corrected chi connectivity index (χ4v) is 4.29. The van der Waals surface area contributed by atoms with E-state index in [0.717, 1.165) is 0 Å². The van der Waals surface area contributed by atoms with Crippen LogP contribution >= 0.6 is 0 Å². The quantitative estimate of drug-likeness (QED) is 0.535. The predicted molar refractivity (Wildman–Crippen MR) is 100 cm³/mol. The van der Waals surface area contributed by atoms with Gasteiger partial charge in [-0.05, 0) is 30.3 Å². The van der Waals surface area contributed by atoms with Crippen LogP contribution < -0.4 is 5.32 Å². The number of nitrogens with one attached hydrogen (secondary N) is 1. The predicted octanol–water partition coefficient (Wildman–Crippen LogP) is 2.93. The van der Waals surface area contributed by atoms with Crippen molar-refractivity contribution in [1.82, 2.24) is 9.78 Å². The zero-order chi connectivity index (χ0) is 19.8. The molecule has 2 heterocycles. The molecular formula is C18H13FN4O4S. The molecule has 1 aromatic heterocycles. The fraction of sp³-hybridized carbons (Fsp3) is 0.111. The maximum absolute atomic E-state index is 13.3. The first-order chi connectivity index (χ1) is 13.4. The minimum Gasteiger partial charge on any atom is -0.306 e. The summed E-state index contributed by atoms with van der Waals surface area (Å²) in [6.07, 6.45) is 0. The van der Waals surface area contributed by atoms with Gasteiger partial charge in [0.05, 0.1) is 27.8 Å². The van der Waals surface area contributed by atoms with E-state index in [0.29, 0.717) is 16.9 Å². The van der Waals surface area contributed by atoms with Gasteiger partial charge in [-0.2, -0.15) is 5.10 Å². The molecule has 142 valence electrons. The summed E-state index contributed by atoms with van der Waals surface area (Å²) in [6, 6.07) is 11.1. The molecule has 0 saturated heterocycles. The molecule has 1 aliphatic heterocycles. The number of nitro benzene ring substituents is 1. The van der Waals surface area contributed by atoms with Crippen LogP contribution in [0.1, 0.15) is 21.6 Å². The Labute approximate surface area is 160 Å². The number of aromatic nitrogens is 2. The third-order valence-corrected chi connectivity index (χ3v) is 5.52. The third kappa shape index (κ3) is 3.18. The van der Waals surface area contributed by atoms with Gasteiger partial charge in [0.25, 0.3) is 11.6 Å². The van der Waals surface area contributed by atoms with E-state index in [1.807, 2.05) is 0 Å². The van der Waals surface area contributed by atoms with E-state index in [2.05, 4.69) is 10.4 Å². The summed E-state index contributed by atoms with van der Waals surface area (Å²) in [6.45, 7) is 0. The first-order valence-electron chi connectivity index (χ1n) is 8.20. The number of carbonyl (C=O) groups is 1. The number of rotatable bonds is 4. The molecule has 0 spiro atoms. The molecule has 0 saturated carbocycles. The van der Waals surface area contributed by atoms with E-state index in [-0.39, 0.29) is 28.6 Å². The normalized spacial score (nSPS) is 15.2. The summed E-state index contributed by atoms with van der Waals surface area (Å²) in [5.41, 5.74) is 1.25. The summed E-state index contributed by atoms with van der Waals surface area (Å²) in [7, 11) is -1.13. The van der Waals surface area contributed by atoms with Crippen LogP contribution in [0.25, 0.3) is 5.69 Å². The Morgan fingerprint density at radius 3 is 2.61 bits per heavy atom. The molecule has 10 heteroatoms. The average Bonchev–Trinajstić information content (AvgIpc) is 3.19. The van der Waals surface area contributed by atoms with Gasteiger partial charge < -0.3 is 5.32 Å². The van der Waals surface area contributed by atoms with Crippen molar-refractivity contribution in [3.63, 3.8) is 0 Å². The molecule has 8 nitrogen and oxygen atoms in total. The Morgan fingerprint density at radius 1 is 1.18 bits per heavy atom. The smallest absolute Gasteiger partial charge is 0.282 e. The second kappa shape index (κ2) is 6.97. The standard InChI is InChI=1S/C18H13FN4O4S/c19-11-5-7-12(8-6-11)22-17(14-9-28(27)10-15(14)21-22)20-18(24)13-3-1-2-4-16(13)23(25)26/h1-8H,9-10H2,(H,20,24). The second-order valence-corrected chi connectivity index (χ2v) is 7.58. The molecule has 3 aromatic rings. The van der Waals surface area contributed by atoms with Crippen molar-refractivity contribution in [2.75, 3.05) is 5.32 Å². The molecular weight excluding hydrogens is 387 g/mol. The van der Waals surface area contributed by atoms with Gasteiger partial charge in [-0.15, -0.1) is 0 Å². The van der Waals surface area contributed by atoms with E-state index in [1.54, 1.807) is 0 Å². The van der Waals surface area contributed by atoms with Gasteiger partial charge in [0, 0.05) is 22.4 Å². The van der Waals surface area contributed by atoms with Crippen molar-refractivity contribution < 1.29 is 18.3 Å². The van der Waals surface area contributed by atoms with Gasteiger partial charge in [-0.1, -0.05) is 12.1 Å². The number of nitro groups is 1. The lowest BCUT2D eigenvalue weighted by Gasteiger charge is -2.11. The number of hydrogen-bond acceptors (Lipinski definition) is 5. The van der Waals surface area contributed by atoms with Crippen LogP contribution in [0.5, 0.6) is 0 Å². The molecule has 0 bridgehead atoms. The minimum absolute atomic E-state index is 0.104. The van der Waals surface area contributed by atoms with Crippen LogP contribution in [0.4, 0.5) is 15.9 Å². The van der Waals surface area contributed by atoms with Crippen molar-refractivity contribution in [2.24, 2.45) is 0 Å². The maximum Gasteiger partial charge on any atom is 0.282 e. The largest absolute Gasteiger partial charge is 0.306 e. The molecule has 28 heavy (non-hydrogen) atoms. The van der Waals surface area contributed by atoms with Gasteiger partial charge in [0.2, 0.25) is 0 Å². The first kappa shape index (κ1) is 18.0. The van der Waals surface area contributed by atoms with Gasteiger partial charge >= 0.3 is 0 Å². The van der Waals surface area contributed by atoms with E-state index < -0.39 is 27.4 Å². The molecule has 1 aliphatic rings. The number of hydrogen-bond donors (Lipinski definition) is 1. The van der Waals surface area contributed by atoms with Crippen molar-refractivity contribution in [1.29, 1.82) is 0 Å². The Balaban J connectivity index is 1.77. The van der Waals surface area contributed by atoms with Gasteiger partial charge in [-0.25, -0.2) is 9.07 Å². The highest BCUT2D eigenvalue weighted by atomic mass is 32.2. The number of amides is 1. The fourth-order valence-electron chi connectivity index (χ4n) is 3.02. The number of fused-ring (bicyclic) bond motifs is 1. The number of benzene rings is 2. The molecule has 1 amide bonds. The number of carbonyl (C=O) groups excluding carboxylic acids is 1. The molecule has 1 atom stereocenters. The molecule has 4 rings (SSSR count). The van der Waals surface area contributed by atoms with Crippen LogP contribution in [0.2, 0.25) is 0 Å². The summed E-state index contributed by atoms with van der Waals surface area (Å²) in [5, 5.41) is 18.3. The zero-order valence-corrected chi connectivity index (χ0v) is 15.1. The highest BCUT2D eigenvalue weighted by molar-refractivity contribution is 7.83. The van der Waals surface area contributed by atoms with E-state index >= 15 is 0 Å². The number of nitrogens with zero attached hydrogens (tertiary/aromatic N) is 3. The Morgan fingerprint density at radius 2 is 1.89 bits per heavy atom. The lowest BCUT2D eigenvalue weighted by atomic mass is 10.1. The monoisotopic (exact) mass is 400 g/mol. The van der Waals surface area contributed by atoms with Crippen LogP contribution in [-0.4, -0.2) is 24.8 Å². The van der Waals surface area contributed by atoms with Crippen molar-refractivity contribution in [2.45, 2.75) is 11.5 Å². The minimum atomic E-state index is -1.13. The van der Waals surface area contributed by atoms with Crippen molar-refractivity contribution >= 4 is 28.2 Å². The van der Waals surface area contributed by atoms with Crippen LogP contribution in [-0.2, 0) is 22.3 Å². The molecule has 1 unspecified atom stereocenters. The van der Waals surface area contributed by atoms with Gasteiger partial charge in [-0.3, -0.25) is 19.1 Å². The van der Waals surface area contributed by atoms with Crippen molar-refractivity contribution in [3.05, 3.63) is 81.3 Å². The second-order valence-electron chi connectivity index (χ2n) is 6.12. The van der Waals surface area contributed by atoms with Crippen LogP contribution in [0.3, 0.4) is 0 Å². The van der Waals surface area contributed by atoms with E-state index in [1.165, 1.54) is 53.2 Å². The van der Waals surface area contributed by atoms with Gasteiger partial charge in [0.15, 0.2) is 0 Å². The molecule has 0 aliphatic carbocycles. The molecule has 2 aromatic carbocycles. The van der Waals surface area contributed by atoms with Crippen LogP contribution in [0, 0.1) is 15.9 Å². The highest BCUT2D eigenvalue weighted by Gasteiger charge is 2.29. The first-order valence-corrected chi connectivity index (χ1v) is 9.69. The third-order valence-electron chi connectivity index (χ3n) is 4.32. The Bertz CT molecular complexity index is 1130.